The summed E-state index contributed by atoms with van der Waals surface area (Å²) in [4.78, 5) is 37.8. The summed E-state index contributed by atoms with van der Waals surface area (Å²) in [5.74, 6) is -1.63. The van der Waals surface area contributed by atoms with E-state index in [4.69, 9.17) is 0 Å². The van der Waals surface area contributed by atoms with Crippen molar-refractivity contribution in [3.63, 3.8) is 0 Å². The van der Waals surface area contributed by atoms with Gasteiger partial charge in [0.1, 0.15) is 17.6 Å². The molecule has 0 spiro atoms. The van der Waals surface area contributed by atoms with E-state index in [-0.39, 0.29) is 18.8 Å². The molecular weight excluding hydrogens is 384 g/mol. The fraction of sp³-hybridized carbons (Fsp3) is 0.318. The van der Waals surface area contributed by atoms with Crippen molar-refractivity contribution >= 4 is 22.8 Å². The second-order valence-electron chi connectivity index (χ2n) is 7.59. The van der Waals surface area contributed by atoms with E-state index < -0.39 is 29.5 Å². The highest BCUT2D eigenvalue weighted by Gasteiger charge is 2.29. The lowest BCUT2D eigenvalue weighted by Crippen LogP contribution is -2.47. The number of fused-ring (bicyclic) bond motifs is 1. The van der Waals surface area contributed by atoms with Crippen molar-refractivity contribution in [3.8, 4) is 0 Å². The molecule has 156 valence electrons. The highest BCUT2D eigenvalue weighted by Crippen LogP contribution is 2.15. The molecule has 0 saturated carbocycles. The summed E-state index contributed by atoms with van der Waals surface area (Å²) in [6, 6.07) is 13.8. The minimum absolute atomic E-state index is 0.0714. The Labute approximate surface area is 173 Å². The maximum absolute atomic E-state index is 13.1. The van der Waals surface area contributed by atoms with E-state index in [1.807, 2.05) is 44.2 Å². The van der Waals surface area contributed by atoms with Gasteiger partial charge in [0.2, 0.25) is 5.91 Å². The molecule has 1 aromatic heterocycles. The number of benzene rings is 2. The molecule has 1 amide bonds. The lowest BCUT2D eigenvalue weighted by Gasteiger charge is -2.22. The molecule has 1 heterocycles. The minimum Gasteiger partial charge on any atom is -0.480 e. The van der Waals surface area contributed by atoms with Crippen molar-refractivity contribution in [1.82, 2.24) is 20.3 Å². The molecule has 8 heteroatoms. The summed E-state index contributed by atoms with van der Waals surface area (Å²) in [5.41, 5.74) is 0.795. The van der Waals surface area contributed by atoms with Gasteiger partial charge in [0.25, 0.3) is 5.56 Å². The largest absolute Gasteiger partial charge is 0.480 e. The van der Waals surface area contributed by atoms with Gasteiger partial charge >= 0.3 is 5.97 Å². The van der Waals surface area contributed by atoms with Crippen LogP contribution in [-0.2, 0) is 16.0 Å². The van der Waals surface area contributed by atoms with Gasteiger partial charge in [-0.3, -0.25) is 9.59 Å². The zero-order valence-electron chi connectivity index (χ0n) is 16.9. The number of amides is 1. The van der Waals surface area contributed by atoms with Crippen LogP contribution in [0.1, 0.15) is 31.9 Å². The first kappa shape index (κ1) is 21.2. The van der Waals surface area contributed by atoms with Gasteiger partial charge in [0.15, 0.2) is 0 Å². The van der Waals surface area contributed by atoms with E-state index in [1.54, 1.807) is 24.3 Å². The van der Waals surface area contributed by atoms with Crippen LogP contribution in [0.4, 0.5) is 0 Å². The van der Waals surface area contributed by atoms with Gasteiger partial charge in [0, 0.05) is 6.42 Å². The summed E-state index contributed by atoms with van der Waals surface area (Å²) in [6.07, 6.45) is 0.449. The van der Waals surface area contributed by atoms with Crippen molar-refractivity contribution in [3.05, 3.63) is 70.5 Å². The molecule has 0 aliphatic heterocycles. The van der Waals surface area contributed by atoms with Gasteiger partial charge in [-0.05, 0) is 30.0 Å². The molecule has 30 heavy (non-hydrogen) atoms. The van der Waals surface area contributed by atoms with Crippen LogP contribution in [-0.4, -0.2) is 38.0 Å². The zero-order chi connectivity index (χ0) is 21.7. The third kappa shape index (κ3) is 4.89. The second kappa shape index (κ2) is 9.30. The predicted octanol–water partition coefficient (Wildman–Crippen LogP) is 2.19. The fourth-order valence-electron chi connectivity index (χ4n) is 3.29. The van der Waals surface area contributed by atoms with Gasteiger partial charge in [-0.25, -0.2) is 4.79 Å². The number of nitrogens with one attached hydrogen (secondary N) is 1. The van der Waals surface area contributed by atoms with Gasteiger partial charge in [-0.15, -0.1) is 5.10 Å². The van der Waals surface area contributed by atoms with Crippen molar-refractivity contribution in [2.24, 2.45) is 5.92 Å². The number of carboxylic acids is 1. The molecule has 2 aromatic carbocycles. The van der Waals surface area contributed by atoms with Crippen LogP contribution in [0, 0.1) is 5.92 Å². The Morgan fingerprint density at radius 3 is 2.40 bits per heavy atom. The minimum atomic E-state index is -1.12. The Morgan fingerprint density at radius 1 is 1.07 bits per heavy atom. The molecule has 0 saturated heterocycles. The zero-order valence-corrected chi connectivity index (χ0v) is 16.9. The summed E-state index contributed by atoms with van der Waals surface area (Å²) >= 11 is 0. The van der Waals surface area contributed by atoms with Crippen LogP contribution < -0.4 is 10.9 Å². The summed E-state index contributed by atoms with van der Waals surface area (Å²) in [6.45, 7) is 3.76. The highest BCUT2D eigenvalue weighted by molar-refractivity contribution is 5.86. The van der Waals surface area contributed by atoms with E-state index in [0.29, 0.717) is 10.9 Å². The van der Waals surface area contributed by atoms with Crippen LogP contribution in [0.2, 0.25) is 0 Å². The number of nitrogens with zero attached hydrogens (tertiary/aromatic N) is 3. The standard InChI is InChI=1S/C22H24N4O4/c1-14(2)12-18(22(29)30)23-20(27)19(13-15-8-4-3-5-9-15)26-21(28)16-10-6-7-11-17(16)24-25-26/h3-11,14,18-19H,12-13H2,1-2H3,(H,23,27)(H,29,30)/t18-,19-/m0/s1. The van der Waals surface area contributed by atoms with Gasteiger partial charge in [0.05, 0.1) is 5.39 Å². The average Bonchev–Trinajstić information content (AvgIpc) is 2.72. The van der Waals surface area contributed by atoms with Gasteiger partial charge in [-0.1, -0.05) is 61.5 Å². The van der Waals surface area contributed by atoms with Crippen LogP contribution in [0.5, 0.6) is 0 Å². The molecule has 0 bridgehead atoms. The molecule has 0 fully saturated rings. The lowest BCUT2D eigenvalue weighted by atomic mass is 10.0. The first-order valence-corrected chi connectivity index (χ1v) is 9.78. The maximum Gasteiger partial charge on any atom is 0.326 e. The van der Waals surface area contributed by atoms with Gasteiger partial charge < -0.3 is 10.4 Å². The first-order valence-electron chi connectivity index (χ1n) is 9.78. The number of rotatable bonds is 8. The molecule has 2 N–H and O–H groups in total. The first-order chi connectivity index (χ1) is 14.4. The number of carbonyl (C=O) groups excluding carboxylic acids is 1. The quantitative estimate of drug-likeness (QED) is 0.591. The molecule has 2 atom stereocenters. The fourth-order valence-corrected chi connectivity index (χ4v) is 3.29. The van der Waals surface area contributed by atoms with Crippen LogP contribution >= 0.6 is 0 Å². The number of aliphatic carboxylic acids is 1. The number of carbonyl (C=O) groups is 2. The van der Waals surface area contributed by atoms with Crippen molar-refractivity contribution in [1.29, 1.82) is 0 Å². The Kier molecular flexibility index (Phi) is 6.56. The highest BCUT2D eigenvalue weighted by atomic mass is 16.4. The molecular formula is C22H24N4O4. The van der Waals surface area contributed by atoms with E-state index in [0.717, 1.165) is 10.2 Å². The molecule has 0 radical (unpaired) electrons. The molecule has 3 rings (SSSR count). The molecule has 3 aromatic rings. The number of hydrogen-bond acceptors (Lipinski definition) is 5. The SMILES string of the molecule is CC(C)C[C@H](NC(=O)[C@H](Cc1ccccc1)n1nnc2ccccc2c1=O)C(=O)O. The number of aromatic nitrogens is 3. The number of carboxylic acid groups (broad SMARTS) is 1. The van der Waals surface area contributed by atoms with E-state index in [9.17, 15) is 19.5 Å². The Morgan fingerprint density at radius 2 is 1.73 bits per heavy atom. The second-order valence-corrected chi connectivity index (χ2v) is 7.59. The van der Waals surface area contributed by atoms with Crippen molar-refractivity contribution in [2.45, 2.75) is 38.8 Å². The monoisotopic (exact) mass is 408 g/mol. The Balaban J connectivity index is 2.00. The average molecular weight is 408 g/mol. The van der Waals surface area contributed by atoms with Crippen LogP contribution in [0.15, 0.2) is 59.4 Å². The number of hydrogen-bond donors (Lipinski definition) is 2. The smallest absolute Gasteiger partial charge is 0.326 e. The third-order valence-electron chi connectivity index (χ3n) is 4.78. The van der Waals surface area contributed by atoms with E-state index >= 15 is 0 Å². The molecule has 0 unspecified atom stereocenters. The topological polar surface area (TPSA) is 114 Å². The van der Waals surface area contributed by atoms with Crippen molar-refractivity contribution in [2.75, 3.05) is 0 Å². The van der Waals surface area contributed by atoms with Crippen molar-refractivity contribution < 1.29 is 14.7 Å². The van der Waals surface area contributed by atoms with E-state index in [2.05, 4.69) is 15.6 Å². The normalized spacial score (nSPS) is 13.2. The summed E-state index contributed by atoms with van der Waals surface area (Å²) in [7, 11) is 0. The van der Waals surface area contributed by atoms with Crippen LogP contribution in [0.25, 0.3) is 10.9 Å². The van der Waals surface area contributed by atoms with E-state index in [1.165, 1.54) is 0 Å². The Hall–Kier alpha value is -3.55. The van der Waals surface area contributed by atoms with Gasteiger partial charge in [-0.2, -0.15) is 4.68 Å². The predicted molar refractivity (Wildman–Crippen MR) is 112 cm³/mol. The maximum atomic E-state index is 13.1. The Bertz CT molecular complexity index is 1090. The van der Waals surface area contributed by atoms with Crippen LogP contribution in [0.3, 0.4) is 0 Å². The third-order valence-corrected chi connectivity index (χ3v) is 4.78. The molecule has 0 aliphatic rings. The molecule has 0 aliphatic carbocycles. The molecule has 8 nitrogen and oxygen atoms in total. The summed E-state index contributed by atoms with van der Waals surface area (Å²) in [5, 5.41) is 20.5. The summed E-state index contributed by atoms with van der Waals surface area (Å²) < 4.78 is 1.04. The lowest BCUT2D eigenvalue weighted by molar-refractivity contribution is -0.142.